The number of amides is 3. The summed E-state index contributed by atoms with van der Waals surface area (Å²) in [7, 11) is 3.58. The number of fused-ring (bicyclic) bond motifs is 1. The predicted octanol–water partition coefficient (Wildman–Crippen LogP) is 6.61. The maximum Gasteiger partial charge on any atom is 0.270 e. The zero-order valence-corrected chi connectivity index (χ0v) is 32.4. The number of rotatable bonds is 11. The van der Waals surface area contributed by atoms with Crippen molar-refractivity contribution in [3.05, 3.63) is 71.7 Å². The van der Waals surface area contributed by atoms with Gasteiger partial charge < -0.3 is 24.6 Å². The standard InChI is InChI=1S/C43H55N9O3/c1-49(2)42(55)37-26-32-28-45-43(48-40(32)52(37)35-8-3-4-9-35)46-38-16-10-30(27-44-38)7-5-6-29-18-22-50(23-19-29)34-20-24-51(25-21-34)33-13-11-31(12-14-33)36-15-17-39(53)47-41(36)54/h10-14,16,26-29,34-36H,3-9,15,17-25H2,1-2H3,(H,47,53,54)(H,44,45,46,48). The number of pyridine rings is 1. The van der Waals surface area contributed by atoms with Crippen LogP contribution in [0.3, 0.4) is 0 Å². The highest BCUT2D eigenvalue weighted by molar-refractivity contribution is 6.01. The van der Waals surface area contributed by atoms with Gasteiger partial charge in [-0.2, -0.15) is 4.98 Å². The number of carbonyl (C=O) groups is 3. The summed E-state index contributed by atoms with van der Waals surface area (Å²) in [5.41, 5.74) is 4.95. The Kier molecular flexibility index (Phi) is 11.1. The van der Waals surface area contributed by atoms with Crippen molar-refractivity contribution in [1.82, 2.24) is 34.6 Å². The fourth-order valence-electron chi connectivity index (χ4n) is 9.37. The summed E-state index contributed by atoms with van der Waals surface area (Å²) < 4.78 is 2.14. The second-order valence-electron chi connectivity index (χ2n) is 16.4. The molecule has 1 unspecified atom stereocenters. The number of hydrogen-bond acceptors (Lipinski definition) is 9. The lowest BCUT2D eigenvalue weighted by atomic mass is 9.89. The lowest BCUT2D eigenvalue weighted by Crippen LogP contribution is -2.47. The Bertz CT molecular complexity index is 1970. The Morgan fingerprint density at radius 2 is 1.64 bits per heavy atom. The summed E-state index contributed by atoms with van der Waals surface area (Å²) in [6.45, 7) is 4.51. The quantitative estimate of drug-likeness (QED) is 0.163. The van der Waals surface area contributed by atoms with Crippen molar-refractivity contribution < 1.29 is 14.4 Å². The van der Waals surface area contributed by atoms with Gasteiger partial charge in [-0.05, 0) is 112 Å². The Hall–Kier alpha value is -4.84. The minimum atomic E-state index is -0.228. The molecule has 12 heteroatoms. The van der Waals surface area contributed by atoms with Crippen LogP contribution in [0.5, 0.6) is 0 Å². The van der Waals surface area contributed by atoms with Gasteiger partial charge >= 0.3 is 0 Å². The minimum absolute atomic E-state index is 0.00919. The van der Waals surface area contributed by atoms with E-state index in [2.05, 4.69) is 60.3 Å². The molecular formula is C43H55N9O3. The molecule has 12 nitrogen and oxygen atoms in total. The number of nitrogens with one attached hydrogen (secondary N) is 2. The molecule has 3 aliphatic heterocycles. The number of imide groups is 1. The van der Waals surface area contributed by atoms with Gasteiger partial charge in [-0.25, -0.2) is 9.97 Å². The molecule has 3 saturated heterocycles. The van der Waals surface area contributed by atoms with Crippen LogP contribution >= 0.6 is 0 Å². The zero-order valence-electron chi connectivity index (χ0n) is 32.4. The fraction of sp³-hybridized carbons (Fsp3) is 0.535. The van der Waals surface area contributed by atoms with Gasteiger partial charge in [0, 0.05) is 69.2 Å². The number of hydrogen-bond donors (Lipinski definition) is 2. The lowest BCUT2D eigenvalue weighted by Gasteiger charge is -2.42. The monoisotopic (exact) mass is 745 g/mol. The number of anilines is 3. The van der Waals surface area contributed by atoms with E-state index in [1.54, 1.807) is 25.2 Å². The van der Waals surface area contributed by atoms with E-state index in [9.17, 15) is 14.4 Å². The Morgan fingerprint density at radius 1 is 0.873 bits per heavy atom. The number of piperidine rings is 3. The smallest absolute Gasteiger partial charge is 0.270 e. The first kappa shape index (κ1) is 37.1. The SMILES string of the molecule is CN(C)C(=O)c1cc2cnc(Nc3ccc(CCCC4CCN(C5CCN(c6ccc(C7CCC(=O)NC7=O)cc6)CC5)CC4)cn3)nc2n1C1CCCC1. The highest BCUT2D eigenvalue weighted by atomic mass is 16.2. The second-order valence-corrected chi connectivity index (χ2v) is 16.4. The van der Waals surface area contributed by atoms with Crippen LogP contribution < -0.4 is 15.5 Å². The third kappa shape index (κ3) is 8.39. The molecule has 4 fully saturated rings. The average molecular weight is 746 g/mol. The first-order chi connectivity index (χ1) is 26.8. The summed E-state index contributed by atoms with van der Waals surface area (Å²) >= 11 is 0. The van der Waals surface area contributed by atoms with Gasteiger partial charge in [0.15, 0.2) is 0 Å². The third-order valence-electron chi connectivity index (χ3n) is 12.6. The molecular weight excluding hydrogens is 691 g/mol. The first-order valence-electron chi connectivity index (χ1n) is 20.5. The molecule has 0 spiro atoms. The maximum absolute atomic E-state index is 13.0. The van der Waals surface area contributed by atoms with Crippen molar-refractivity contribution in [3.8, 4) is 0 Å². The molecule has 1 atom stereocenters. The van der Waals surface area contributed by atoms with E-state index in [1.165, 1.54) is 75.7 Å². The van der Waals surface area contributed by atoms with Crippen LogP contribution in [-0.2, 0) is 16.0 Å². The molecule has 4 aliphatic rings. The number of benzene rings is 1. The van der Waals surface area contributed by atoms with E-state index in [0.717, 1.165) is 54.9 Å². The number of aromatic nitrogens is 4. The maximum atomic E-state index is 13.0. The number of likely N-dealkylation sites (tertiary alicyclic amines) is 1. The second kappa shape index (κ2) is 16.5. The minimum Gasteiger partial charge on any atom is -0.371 e. The van der Waals surface area contributed by atoms with Crippen molar-refractivity contribution in [3.63, 3.8) is 0 Å². The van der Waals surface area contributed by atoms with Crippen LogP contribution in [0.15, 0.2) is 54.9 Å². The molecule has 3 amide bonds. The molecule has 1 aliphatic carbocycles. The van der Waals surface area contributed by atoms with Gasteiger partial charge in [0.05, 0.1) is 5.92 Å². The van der Waals surface area contributed by atoms with Crippen molar-refractivity contribution in [2.24, 2.45) is 5.92 Å². The molecule has 290 valence electrons. The Balaban J connectivity index is 0.768. The van der Waals surface area contributed by atoms with Crippen molar-refractivity contribution >= 4 is 46.2 Å². The van der Waals surface area contributed by atoms with E-state index >= 15 is 0 Å². The highest BCUT2D eigenvalue weighted by Gasteiger charge is 2.31. The van der Waals surface area contributed by atoms with Gasteiger partial charge in [0.2, 0.25) is 17.8 Å². The molecule has 6 heterocycles. The van der Waals surface area contributed by atoms with Gasteiger partial charge in [-0.3, -0.25) is 19.7 Å². The van der Waals surface area contributed by atoms with Crippen LogP contribution in [0, 0.1) is 5.92 Å². The number of aryl methyl sites for hydroxylation is 1. The average Bonchev–Trinajstić information content (AvgIpc) is 3.87. The van der Waals surface area contributed by atoms with Gasteiger partial charge in [-0.1, -0.05) is 37.5 Å². The largest absolute Gasteiger partial charge is 0.371 e. The number of nitrogens with zero attached hydrogens (tertiary/aromatic N) is 7. The topological polar surface area (TPSA) is 129 Å². The molecule has 4 aromatic rings. The van der Waals surface area contributed by atoms with E-state index in [-0.39, 0.29) is 29.7 Å². The van der Waals surface area contributed by atoms with E-state index in [4.69, 9.17) is 9.97 Å². The lowest BCUT2D eigenvalue weighted by molar-refractivity contribution is -0.134. The fourth-order valence-corrected chi connectivity index (χ4v) is 9.37. The van der Waals surface area contributed by atoms with Crippen LogP contribution in [0.4, 0.5) is 17.5 Å². The van der Waals surface area contributed by atoms with E-state index in [0.29, 0.717) is 36.3 Å². The molecule has 1 aromatic carbocycles. The van der Waals surface area contributed by atoms with Crippen molar-refractivity contribution in [2.45, 2.75) is 101 Å². The predicted molar refractivity (Wildman–Crippen MR) is 215 cm³/mol. The van der Waals surface area contributed by atoms with E-state index < -0.39 is 0 Å². The van der Waals surface area contributed by atoms with E-state index in [1.807, 2.05) is 18.3 Å². The molecule has 1 saturated carbocycles. The van der Waals surface area contributed by atoms with Gasteiger partial charge in [0.25, 0.3) is 5.91 Å². The van der Waals surface area contributed by atoms with Gasteiger partial charge in [-0.15, -0.1) is 0 Å². The molecule has 8 rings (SSSR count). The summed E-state index contributed by atoms with van der Waals surface area (Å²) in [5.74, 6) is 1.42. The van der Waals surface area contributed by atoms with Crippen LogP contribution in [0.2, 0.25) is 0 Å². The number of carbonyl (C=O) groups excluding carboxylic acids is 3. The summed E-state index contributed by atoms with van der Waals surface area (Å²) in [5, 5.41) is 6.65. The molecule has 0 bridgehead atoms. The van der Waals surface area contributed by atoms with Crippen molar-refractivity contribution in [2.75, 3.05) is 50.5 Å². The Labute approximate surface area is 324 Å². The summed E-state index contributed by atoms with van der Waals surface area (Å²) in [6, 6.07) is 15.5. The molecule has 3 aromatic heterocycles. The third-order valence-corrected chi connectivity index (χ3v) is 12.6. The summed E-state index contributed by atoms with van der Waals surface area (Å²) in [6.07, 6.45) is 17.6. The van der Waals surface area contributed by atoms with Gasteiger partial charge in [0.1, 0.15) is 17.2 Å². The molecule has 0 radical (unpaired) electrons. The van der Waals surface area contributed by atoms with Crippen LogP contribution in [-0.4, -0.2) is 93.4 Å². The van der Waals surface area contributed by atoms with Crippen molar-refractivity contribution in [1.29, 1.82) is 0 Å². The molecule has 2 N–H and O–H groups in total. The molecule has 55 heavy (non-hydrogen) atoms. The first-order valence-corrected chi connectivity index (χ1v) is 20.5. The summed E-state index contributed by atoms with van der Waals surface area (Å²) in [4.78, 5) is 57.8. The van der Waals surface area contributed by atoms with Crippen LogP contribution in [0.1, 0.15) is 111 Å². The normalized spacial score (nSPS) is 20.6. The Morgan fingerprint density at radius 3 is 2.33 bits per heavy atom. The highest BCUT2D eigenvalue weighted by Crippen LogP contribution is 2.35. The zero-order chi connectivity index (χ0) is 37.9. The van der Waals surface area contributed by atoms with Crippen LogP contribution in [0.25, 0.3) is 11.0 Å².